The number of piperazine rings is 1. The predicted octanol–water partition coefficient (Wildman–Crippen LogP) is 2.73. The van der Waals surface area contributed by atoms with E-state index in [-0.39, 0.29) is 50.5 Å². The number of ether oxygens (including phenoxy) is 1. The minimum absolute atomic E-state index is 0.161. The van der Waals surface area contributed by atoms with Gasteiger partial charge in [0.25, 0.3) is 11.8 Å². The Labute approximate surface area is 194 Å². The van der Waals surface area contributed by atoms with Gasteiger partial charge in [-0.1, -0.05) is 41.1 Å². The third-order valence-corrected chi connectivity index (χ3v) is 6.28. The Hall–Kier alpha value is -3.66. The highest BCUT2D eigenvalue weighted by Crippen LogP contribution is 2.27. The lowest BCUT2D eigenvalue weighted by Gasteiger charge is -2.34. The van der Waals surface area contributed by atoms with Crippen LogP contribution in [0.4, 0.5) is 8.78 Å². The van der Waals surface area contributed by atoms with Crippen LogP contribution in [0.25, 0.3) is 0 Å². The summed E-state index contributed by atoms with van der Waals surface area (Å²) >= 11 is 0. The van der Waals surface area contributed by atoms with Crippen molar-refractivity contribution in [2.24, 2.45) is 0 Å². The van der Waals surface area contributed by atoms with Crippen LogP contribution in [0.5, 0.6) is 0 Å². The number of benzene rings is 2. The first-order valence-corrected chi connectivity index (χ1v) is 11.1. The smallest absolute Gasteiger partial charge is 0.276 e. The lowest BCUT2D eigenvalue weighted by atomic mass is 10.1. The van der Waals surface area contributed by atoms with E-state index in [2.05, 4.69) is 10.3 Å². The second kappa shape index (κ2) is 8.94. The highest BCUT2D eigenvalue weighted by molar-refractivity contribution is 5.96. The highest BCUT2D eigenvalue weighted by Gasteiger charge is 2.33. The fourth-order valence-electron chi connectivity index (χ4n) is 4.28. The van der Waals surface area contributed by atoms with Crippen LogP contribution in [0, 0.1) is 18.6 Å². The molecule has 34 heavy (non-hydrogen) atoms. The number of carbonyl (C=O) groups excluding carboxylic acids is 2. The van der Waals surface area contributed by atoms with Crippen molar-refractivity contribution in [3.05, 3.63) is 82.2 Å². The Kier molecular flexibility index (Phi) is 5.82. The molecule has 1 saturated heterocycles. The van der Waals surface area contributed by atoms with Crippen molar-refractivity contribution in [1.82, 2.24) is 24.8 Å². The molecule has 5 rings (SSSR count). The second-order valence-corrected chi connectivity index (χ2v) is 8.46. The van der Waals surface area contributed by atoms with Crippen molar-refractivity contribution in [2.75, 3.05) is 26.2 Å². The number of halogens is 2. The molecule has 0 saturated carbocycles. The van der Waals surface area contributed by atoms with Gasteiger partial charge in [-0.3, -0.25) is 9.59 Å². The molecule has 0 radical (unpaired) electrons. The third kappa shape index (κ3) is 4.05. The van der Waals surface area contributed by atoms with Gasteiger partial charge in [0.1, 0.15) is 23.3 Å². The molecule has 2 aromatic carbocycles. The van der Waals surface area contributed by atoms with E-state index in [1.54, 1.807) is 9.58 Å². The largest absolute Gasteiger partial charge is 0.365 e. The van der Waals surface area contributed by atoms with E-state index in [1.165, 1.54) is 11.0 Å². The molecule has 10 heteroatoms. The molecule has 176 valence electrons. The van der Waals surface area contributed by atoms with Gasteiger partial charge in [0, 0.05) is 26.2 Å². The number of carbonyl (C=O) groups is 2. The zero-order chi connectivity index (χ0) is 23.8. The molecule has 1 unspecified atom stereocenters. The van der Waals surface area contributed by atoms with Crippen molar-refractivity contribution < 1.29 is 23.1 Å². The maximum Gasteiger partial charge on any atom is 0.276 e. The standard InChI is InChI=1S/C24H23F2N5O3/c1-15-5-7-16(8-6-15)20-13-31-19(14-34-20)22(27-28-31)24(33)30-11-9-29(10-12-30)23(32)21-17(25)3-2-4-18(21)26/h2-8,20H,9-14H2,1H3. The van der Waals surface area contributed by atoms with Gasteiger partial charge in [0.2, 0.25) is 0 Å². The van der Waals surface area contributed by atoms with Crippen LogP contribution >= 0.6 is 0 Å². The first kappa shape index (κ1) is 22.1. The van der Waals surface area contributed by atoms with Gasteiger partial charge in [-0.05, 0) is 24.6 Å². The van der Waals surface area contributed by atoms with E-state index in [0.29, 0.717) is 12.2 Å². The highest BCUT2D eigenvalue weighted by atomic mass is 19.1. The molecular formula is C24H23F2N5O3. The van der Waals surface area contributed by atoms with Gasteiger partial charge < -0.3 is 14.5 Å². The molecule has 8 nitrogen and oxygen atoms in total. The number of hydrogen-bond donors (Lipinski definition) is 0. The van der Waals surface area contributed by atoms with Crippen LogP contribution in [-0.2, 0) is 17.9 Å². The number of nitrogens with zero attached hydrogens (tertiary/aromatic N) is 5. The minimum Gasteiger partial charge on any atom is -0.365 e. The Morgan fingerprint density at radius 3 is 2.21 bits per heavy atom. The van der Waals surface area contributed by atoms with Crippen LogP contribution in [0.3, 0.4) is 0 Å². The first-order valence-electron chi connectivity index (χ1n) is 11.1. The van der Waals surface area contributed by atoms with Gasteiger partial charge >= 0.3 is 0 Å². The van der Waals surface area contributed by atoms with E-state index < -0.39 is 23.1 Å². The molecule has 2 aliphatic heterocycles. The molecule has 2 aliphatic rings. The van der Waals surface area contributed by atoms with Crippen molar-refractivity contribution in [3.63, 3.8) is 0 Å². The monoisotopic (exact) mass is 467 g/mol. The van der Waals surface area contributed by atoms with Gasteiger partial charge in [-0.15, -0.1) is 5.10 Å². The summed E-state index contributed by atoms with van der Waals surface area (Å²) in [5.74, 6) is -2.83. The molecular weight excluding hydrogens is 444 g/mol. The molecule has 0 spiro atoms. The molecule has 1 aromatic heterocycles. The van der Waals surface area contributed by atoms with Crippen LogP contribution in [-0.4, -0.2) is 62.8 Å². The summed E-state index contributed by atoms with van der Waals surface area (Å²) in [5.41, 5.74) is 2.46. The maximum absolute atomic E-state index is 14.0. The third-order valence-electron chi connectivity index (χ3n) is 6.28. The Bertz CT molecular complexity index is 1220. The fourth-order valence-corrected chi connectivity index (χ4v) is 4.28. The van der Waals surface area contributed by atoms with Gasteiger partial charge in [-0.25, -0.2) is 13.5 Å². The fraction of sp³-hybridized carbons (Fsp3) is 0.333. The Balaban J connectivity index is 1.24. The minimum atomic E-state index is -0.900. The zero-order valence-electron chi connectivity index (χ0n) is 18.6. The predicted molar refractivity (Wildman–Crippen MR) is 117 cm³/mol. The molecule has 0 N–H and O–H groups in total. The average molecular weight is 467 g/mol. The SMILES string of the molecule is Cc1ccc(C2Cn3nnc(C(=O)N4CCN(C(=O)c5c(F)cccc5F)CC4)c3CO2)cc1. The number of aryl methyl sites for hydroxylation is 1. The number of aromatic nitrogens is 3. The number of hydrogen-bond acceptors (Lipinski definition) is 5. The molecule has 2 amide bonds. The summed E-state index contributed by atoms with van der Waals surface area (Å²) in [7, 11) is 0. The quantitative estimate of drug-likeness (QED) is 0.592. The summed E-state index contributed by atoms with van der Waals surface area (Å²) < 4.78 is 35.6. The van der Waals surface area contributed by atoms with Crippen molar-refractivity contribution in [2.45, 2.75) is 26.2 Å². The molecule has 3 heterocycles. The molecule has 3 aromatic rings. The maximum atomic E-state index is 14.0. The lowest BCUT2D eigenvalue weighted by molar-refractivity contribution is -0.00203. The normalized spacial score (nSPS) is 18.0. The lowest BCUT2D eigenvalue weighted by Crippen LogP contribution is -2.51. The van der Waals surface area contributed by atoms with E-state index in [0.717, 1.165) is 23.3 Å². The van der Waals surface area contributed by atoms with Crippen LogP contribution < -0.4 is 0 Å². The van der Waals surface area contributed by atoms with Crippen LogP contribution in [0.1, 0.15) is 43.8 Å². The Morgan fingerprint density at radius 1 is 0.941 bits per heavy atom. The summed E-state index contributed by atoms with van der Waals surface area (Å²) in [6.07, 6.45) is -0.175. The summed E-state index contributed by atoms with van der Waals surface area (Å²) in [6, 6.07) is 11.4. The van der Waals surface area contributed by atoms with Crippen molar-refractivity contribution in [3.8, 4) is 0 Å². The first-order chi connectivity index (χ1) is 16.4. The molecule has 1 atom stereocenters. The molecule has 0 bridgehead atoms. The van der Waals surface area contributed by atoms with Gasteiger partial charge in [0.05, 0.1) is 18.8 Å². The van der Waals surface area contributed by atoms with E-state index in [1.807, 2.05) is 31.2 Å². The summed E-state index contributed by atoms with van der Waals surface area (Å²) in [4.78, 5) is 28.6. The van der Waals surface area contributed by atoms with Crippen LogP contribution in [0.2, 0.25) is 0 Å². The zero-order valence-corrected chi connectivity index (χ0v) is 18.6. The average Bonchev–Trinajstić information content (AvgIpc) is 3.27. The van der Waals surface area contributed by atoms with E-state index in [9.17, 15) is 18.4 Å². The number of rotatable bonds is 3. The topological polar surface area (TPSA) is 80.6 Å². The molecule has 0 aliphatic carbocycles. The molecule has 1 fully saturated rings. The summed E-state index contributed by atoms with van der Waals surface area (Å²) in [6.45, 7) is 3.45. The van der Waals surface area contributed by atoms with Crippen LogP contribution in [0.15, 0.2) is 42.5 Å². The van der Waals surface area contributed by atoms with Gasteiger partial charge in [-0.2, -0.15) is 0 Å². The van der Waals surface area contributed by atoms with E-state index >= 15 is 0 Å². The second-order valence-electron chi connectivity index (χ2n) is 8.46. The number of fused-ring (bicyclic) bond motifs is 1. The number of amides is 2. The van der Waals surface area contributed by atoms with Crippen molar-refractivity contribution in [1.29, 1.82) is 0 Å². The van der Waals surface area contributed by atoms with E-state index in [4.69, 9.17) is 4.74 Å². The van der Waals surface area contributed by atoms with Crippen molar-refractivity contribution >= 4 is 11.8 Å². The van der Waals surface area contributed by atoms with Gasteiger partial charge in [0.15, 0.2) is 5.69 Å². The Morgan fingerprint density at radius 2 is 1.56 bits per heavy atom. The summed E-state index contributed by atoms with van der Waals surface area (Å²) in [5, 5.41) is 8.26.